The van der Waals surface area contributed by atoms with E-state index in [0.717, 1.165) is 16.5 Å². The van der Waals surface area contributed by atoms with Crippen molar-refractivity contribution in [3.63, 3.8) is 0 Å². The maximum atomic E-state index is 9.21. The molecule has 0 radical (unpaired) electrons. The zero-order valence-corrected chi connectivity index (χ0v) is 9.83. The SMILES string of the molecule is Cc1cnc(-n2c(C#N)cc3ccccc32)nc1. The van der Waals surface area contributed by atoms with Crippen molar-refractivity contribution in [3.8, 4) is 12.0 Å². The molecule has 0 amide bonds. The molecule has 0 bridgehead atoms. The molecular weight excluding hydrogens is 224 g/mol. The standard InChI is InChI=1S/C14H10N4/c1-10-8-16-14(17-9-10)18-12(7-15)6-11-4-2-3-5-13(11)18/h2-6,8-9H,1H3. The number of hydrogen-bond acceptors (Lipinski definition) is 3. The maximum absolute atomic E-state index is 9.21. The van der Waals surface area contributed by atoms with Gasteiger partial charge in [0.25, 0.3) is 0 Å². The van der Waals surface area contributed by atoms with Gasteiger partial charge in [-0.05, 0) is 24.6 Å². The van der Waals surface area contributed by atoms with E-state index in [-0.39, 0.29) is 0 Å². The van der Waals surface area contributed by atoms with Crippen molar-refractivity contribution < 1.29 is 0 Å². The lowest BCUT2D eigenvalue weighted by molar-refractivity contribution is 0.939. The van der Waals surface area contributed by atoms with Crippen LogP contribution in [0.5, 0.6) is 0 Å². The van der Waals surface area contributed by atoms with Gasteiger partial charge in [-0.15, -0.1) is 0 Å². The summed E-state index contributed by atoms with van der Waals surface area (Å²) in [6, 6.07) is 11.8. The number of aryl methyl sites for hydroxylation is 1. The molecule has 0 saturated carbocycles. The third-order valence-electron chi connectivity index (χ3n) is 2.79. The van der Waals surface area contributed by atoms with E-state index in [1.807, 2.05) is 37.3 Å². The van der Waals surface area contributed by atoms with Crippen LogP contribution in [0, 0.1) is 18.3 Å². The minimum absolute atomic E-state index is 0.526. The van der Waals surface area contributed by atoms with Gasteiger partial charge in [0.05, 0.1) is 5.52 Å². The van der Waals surface area contributed by atoms with Crippen molar-refractivity contribution in [3.05, 3.63) is 54.0 Å². The first kappa shape index (κ1) is 10.5. The summed E-state index contributed by atoms with van der Waals surface area (Å²) < 4.78 is 1.77. The first-order chi connectivity index (χ1) is 8.79. The van der Waals surface area contributed by atoms with Gasteiger partial charge in [0.1, 0.15) is 11.8 Å². The van der Waals surface area contributed by atoms with E-state index in [1.54, 1.807) is 17.0 Å². The van der Waals surface area contributed by atoms with Crippen LogP contribution in [0.3, 0.4) is 0 Å². The highest BCUT2D eigenvalue weighted by Gasteiger charge is 2.11. The van der Waals surface area contributed by atoms with E-state index >= 15 is 0 Å². The highest BCUT2D eigenvalue weighted by atomic mass is 15.2. The van der Waals surface area contributed by atoms with Crippen LogP contribution in [0.15, 0.2) is 42.7 Å². The second-order valence-corrected chi connectivity index (χ2v) is 4.10. The smallest absolute Gasteiger partial charge is 0.235 e. The van der Waals surface area contributed by atoms with Gasteiger partial charge < -0.3 is 0 Å². The maximum Gasteiger partial charge on any atom is 0.235 e. The van der Waals surface area contributed by atoms with Crippen LogP contribution >= 0.6 is 0 Å². The molecule has 2 heterocycles. The number of nitrogens with zero attached hydrogens (tertiary/aromatic N) is 4. The highest BCUT2D eigenvalue weighted by Crippen LogP contribution is 2.21. The van der Waals surface area contributed by atoms with Gasteiger partial charge in [-0.25, -0.2) is 9.97 Å². The number of nitriles is 1. The van der Waals surface area contributed by atoms with Crippen LogP contribution in [-0.2, 0) is 0 Å². The summed E-state index contributed by atoms with van der Waals surface area (Å²) in [5, 5.41) is 10.2. The quantitative estimate of drug-likeness (QED) is 0.650. The topological polar surface area (TPSA) is 54.5 Å². The van der Waals surface area contributed by atoms with Crippen LogP contribution in [0.1, 0.15) is 11.3 Å². The number of benzene rings is 1. The molecular formula is C14H10N4. The van der Waals surface area contributed by atoms with E-state index in [0.29, 0.717) is 11.6 Å². The molecule has 0 unspecified atom stereocenters. The normalized spacial score (nSPS) is 10.4. The molecule has 1 aromatic carbocycles. The molecule has 2 aromatic heterocycles. The number of para-hydroxylation sites is 1. The fraction of sp³-hybridized carbons (Fsp3) is 0.0714. The number of rotatable bonds is 1. The fourth-order valence-electron chi connectivity index (χ4n) is 1.95. The van der Waals surface area contributed by atoms with E-state index in [2.05, 4.69) is 16.0 Å². The third kappa shape index (κ3) is 1.54. The van der Waals surface area contributed by atoms with Gasteiger partial charge in [-0.2, -0.15) is 5.26 Å². The van der Waals surface area contributed by atoms with Gasteiger partial charge in [-0.3, -0.25) is 4.57 Å². The minimum atomic E-state index is 0.526. The zero-order valence-electron chi connectivity index (χ0n) is 9.83. The molecule has 0 N–H and O–H groups in total. The summed E-state index contributed by atoms with van der Waals surface area (Å²) in [6.45, 7) is 1.93. The van der Waals surface area contributed by atoms with Gasteiger partial charge >= 0.3 is 0 Å². The Hall–Kier alpha value is -2.67. The third-order valence-corrected chi connectivity index (χ3v) is 2.79. The van der Waals surface area contributed by atoms with E-state index in [1.165, 1.54) is 0 Å². The first-order valence-electron chi connectivity index (χ1n) is 5.59. The van der Waals surface area contributed by atoms with Crippen molar-refractivity contribution in [2.45, 2.75) is 6.92 Å². The second-order valence-electron chi connectivity index (χ2n) is 4.10. The van der Waals surface area contributed by atoms with Crippen LogP contribution in [0.25, 0.3) is 16.9 Å². The average molecular weight is 234 g/mol. The van der Waals surface area contributed by atoms with Gasteiger partial charge in [0.2, 0.25) is 5.95 Å². The monoisotopic (exact) mass is 234 g/mol. The molecule has 0 saturated heterocycles. The van der Waals surface area contributed by atoms with Crippen molar-refractivity contribution in [2.24, 2.45) is 0 Å². The number of aromatic nitrogens is 3. The molecule has 0 spiro atoms. The van der Waals surface area contributed by atoms with E-state index in [4.69, 9.17) is 0 Å². The van der Waals surface area contributed by atoms with E-state index in [9.17, 15) is 5.26 Å². The molecule has 3 rings (SSSR count). The van der Waals surface area contributed by atoms with Crippen LogP contribution in [0.4, 0.5) is 0 Å². The lowest BCUT2D eigenvalue weighted by atomic mass is 10.2. The Labute approximate surface area is 104 Å². The lowest BCUT2D eigenvalue weighted by Gasteiger charge is -2.04. The fourth-order valence-corrected chi connectivity index (χ4v) is 1.95. The molecule has 0 aliphatic carbocycles. The zero-order chi connectivity index (χ0) is 12.5. The summed E-state index contributed by atoms with van der Waals surface area (Å²) >= 11 is 0. The Morgan fingerprint density at radius 2 is 1.89 bits per heavy atom. The number of hydrogen-bond donors (Lipinski definition) is 0. The molecule has 4 nitrogen and oxygen atoms in total. The summed E-state index contributed by atoms with van der Waals surface area (Å²) in [5.41, 5.74) is 2.48. The predicted octanol–water partition coefficient (Wildman–Crippen LogP) is 2.60. The minimum Gasteiger partial charge on any atom is -0.269 e. The molecule has 0 aliphatic heterocycles. The summed E-state index contributed by atoms with van der Waals surface area (Å²) in [4.78, 5) is 8.56. The molecule has 3 aromatic rings. The molecule has 4 heteroatoms. The van der Waals surface area contributed by atoms with Crippen LogP contribution < -0.4 is 0 Å². The van der Waals surface area contributed by atoms with Crippen LogP contribution in [0.2, 0.25) is 0 Å². The molecule has 0 aliphatic rings. The predicted molar refractivity (Wildman–Crippen MR) is 68.3 cm³/mol. The Morgan fingerprint density at radius 1 is 1.17 bits per heavy atom. The largest absolute Gasteiger partial charge is 0.269 e. The van der Waals surface area contributed by atoms with Crippen LogP contribution in [-0.4, -0.2) is 14.5 Å². The molecule has 0 fully saturated rings. The van der Waals surface area contributed by atoms with Gasteiger partial charge in [-0.1, -0.05) is 18.2 Å². The lowest BCUT2D eigenvalue weighted by Crippen LogP contribution is -2.02. The first-order valence-corrected chi connectivity index (χ1v) is 5.59. The number of fused-ring (bicyclic) bond motifs is 1. The Morgan fingerprint density at radius 3 is 2.61 bits per heavy atom. The molecule has 86 valence electrons. The Balaban J connectivity index is 2.33. The van der Waals surface area contributed by atoms with E-state index < -0.39 is 0 Å². The summed E-state index contributed by atoms with van der Waals surface area (Å²) in [6.07, 6.45) is 3.50. The highest BCUT2D eigenvalue weighted by molar-refractivity contribution is 5.83. The molecule has 0 atom stereocenters. The van der Waals surface area contributed by atoms with Crippen molar-refractivity contribution >= 4 is 10.9 Å². The van der Waals surface area contributed by atoms with Crippen molar-refractivity contribution in [1.82, 2.24) is 14.5 Å². The summed E-state index contributed by atoms with van der Waals surface area (Å²) in [5.74, 6) is 0.526. The second kappa shape index (κ2) is 3.97. The summed E-state index contributed by atoms with van der Waals surface area (Å²) in [7, 11) is 0. The Bertz CT molecular complexity index is 748. The van der Waals surface area contributed by atoms with Gasteiger partial charge in [0, 0.05) is 17.8 Å². The Kier molecular flexibility index (Phi) is 2.31. The van der Waals surface area contributed by atoms with Crippen molar-refractivity contribution in [1.29, 1.82) is 5.26 Å². The molecule has 18 heavy (non-hydrogen) atoms. The van der Waals surface area contributed by atoms with Crippen molar-refractivity contribution in [2.75, 3.05) is 0 Å². The average Bonchev–Trinajstić information content (AvgIpc) is 2.78. The van der Waals surface area contributed by atoms with Gasteiger partial charge in [0.15, 0.2) is 0 Å².